The Balaban J connectivity index is 1.67. The number of benzene rings is 2. The lowest BCUT2D eigenvalue weighted by molar-refractivity contribution is -0.140. The fraction of sp³-hybridized carbons (Fsp3) is 0.304. The van der Waals surface area contributed by atoms with Crippen LogP contribution in [0.4, 0.5) is 10.1 Å². The second-order valence-corrected chi connectivity index (χ2v) is 7.35. The Hall–Kier alpha value is -3.59. The first kappa shape index (κ1) is 21.6. The molecule has 4 rings (SSSR count). The van der Waals surface area contributed by atoms with Gasteiger partial charge in [-0.05, 0) is 36.2 Å². The summed E-state index contributed by atoms with van der Waals surface area (Å²) in [5, 5.41) is 0. The SMILES string of the molecule is COC(=O)C1=C(C(=O)OC)N(c2ccc3c(c2)OCO3)CN(CCc2ccc(F)cc2)C1. The molecule has 0 saturated carbocycles. The van der Waals surface area contributed by atoms with E-state index in [9.17, 15) is 14.0 Å². The van der Waals surface area contributed by atoms with Crippen LogP contribution in [0.1, 0.15) is 5.56 Å². The zero-order valence-corrected chi connectivity index (χ0v) is 17.8. The first-order valence-electron chi connectivity index (χ1n) is 10.0. The Morgan fingerprint density at radius 1 is 1.00 bits per heavy atom. The number of nitrogens with zero attached hydrogens (tertiary/aromatic N) is 2. The van der Waals surface area contributed by atoms with Crippen LogP contribution in [0.15, 0.2) is 53.7 Å². The molecule has 0 bridgehead atoms. The number of fused-ring (bicyclic) bond motifs is 1. The summed E-state index contributed by atoms with van der Waals surface area (Å²) in [5.74, 6) is -0.381. The van der Waals surface area contributed by atoms with Gasteiger partial charge in [0.05, 0.1) is 26.5 Å². The van der Waals surface area contributed by atoms with E-state index in [1.807, 2.05) is 4.90 Å². The maximum Gasteiger partial charge on any atom is 0.355 e. The highest BCUT2D eigenvalue weighted by atomic mass is 19.1. The standard InChI is InChI=1S/C23H23FN2O6/c1-29-22(27)18-12-25(10-9-15-3-5-16(24)6-4-15)13-26(21(18)23(28)30-2)17-7-8-19-20(11-17)32-14-31-19/h3-8,11H,9-10,12-14H2,1-2H3. The highest BCUT2D eigenvalue weighted by Crippen LogP contribution is 2.37. The Bertz CT molecular complexity index is 1050. The van der Waals surface area contributed by atoms with E-state index in [1.54, 1.807) is 35.2 Å². The van der Waals surface area contributed by atoms with E-state index in [1.165, 1.54) is 26.4 Å². The third-order valence-corrected chi connectivity index (χ3v) is 5.39. The lowest BCUT2D eigenvalue weighted by atomic mass is 10.1. The van der Waals surface area contributed by atoms with Crippen molar-refractivity contribution in [1.82, 2.24) is 4.90 Å². The molecule has 0 unspecified atom stereocenters. The number of carbonyl (C=O) groups is 2. The molecule has 0 atom stereocenters. The lowest BCUT2D eigenvalue weighted by Gasteiger charge is -2.38. The van der Waals surface area contributed by atoms with Crippen LogP contribution in [0.5, 0.6) is 11.5 Å². The average molecular weight is 442 g/mol. The molecule has 0 spiro atoms. The molecule has 2 aliphatic heterocycles. The number of esters is 2. The highest BCUT2D eigenvalue weighted by Gasteiger charge is 2.35. The summed E-state index contributed by atoms with van der Waals surface area (Å²) >= 11 is 0. The quantitative estimate of drug-likeness (QED) is 0.632. The summed E-state index contributed by atoms with van der Waals surface area (Å²) in [7, 11) is 2.54. The average Bonchev–Trinajstić information content (AvgIpc) is 3.30. The molecule has 168 valence electrons. The summed E-state index contributed by atoms with van der Waals surface area (Å²) in [5.41, 5.74) is 1.92. The van der Waals surface area contributed by atoms with Crippen molar-refractivity contribution >= 4 is 17.6 Å². The third-order valence-electron chi connectivity index (χ3n) is 5.39. The Morgan fingerprint density at radius 3 is 2.44 bits per heavy atom. The maximum atomic E-state index is 13.2. The summed E-state index contributed by atoms with van der Waals surface area (Å²) in [6.07, 6.45) is 0.636. The van der Waals surface area contributed by atoms with Gasteiger partial charge in [-0.15, -0.1) is 0 Å². The van der Waals surface area contributed by atoms with E-state index in [-0.39, 0.29) is 30.4 Å². The molecule has 2 aromatic carbocycles. The molecule has 0 N–H and O–H groups in total. The van der Waals surface area contributed by atoms with Gasteiger partial charge in [0.2, 0.25) is 6.79 Å². The Kier molecular flexibility index (Phi) is 6.27. The highest BCUT2D eigenvalue weighted by molar-refractivity contribution is 6.03. The number of hydrogen-bond acceptors (Lipinski definition) is 8. The molecule has 8 nitrogen and oxygen atoms in total. The Labute approximate surface area is 184 Å². The van der Waals surface area contributed by atoms with Gasteiger partial charge in [-0.25, -0.2) is 14.0 Å². The minimum atomic E-state index is -0.638. The number of carbonyl (C=O) groups excluding carboxylic acids is 2. The smallest absolute Gasteiger partial charge is 0.355 e. The summed E-state index contributed by atoms with van der Waals surface area (Å²) in [6, 6.07) is 11.6. The molecular weight excluding hydrogens is 419 g/mol. The predicted octanol–water partition coefficient (Wildman–Crippen LogP) is 2.48. The van der Waals surface area contributed by atoms with Crippen molar-refractivity contribution in [3.05, 3.63) is 65.1 Å². The number of rotatable bonds is 6. The fourth-order valence-electron chi connectivity index (χ4n) is 3.75. The molecule has 0 amide bonds. The van der Waals surface area contributed by atoms with Crippen molar-refractivity contribution in [2.45, 2.75) is 6.42 Å². The number of ether oxygens (including phenoxy) is 4. The van der Waals surface area contributed by atoms with Gasteiger partial charge < -0.3 is 23.8 Å². The maximum absolute atomic E-state index is 13.2. The van der Waals surface area contributed by atoms with Gasteiger partial charge in [-0.3, -0.25) is 4.90 Å². The predicted molar refractivity (Wildman–Crippen MR) is 113 cm³/mol. The molecule has 0 aromatic heterocycles. The number of methoxy groups -OCH3 is 2. The molecule has 9 heteroatoms. The monoisotopic (exact) mass is 442 g/mol. The van der Waals surface area contributed by atoms with E-state index in [0.29, 0.717) is 36.8 Å². The molecule has 0 saturated heterocycles. The van der Waals surface area contributed by atoms with Crippen molar-refractivity contribution < 1.29 is 32.9 Å². The Morgan fingerprint density at radius 2 is 1.72 bits per heavy atom. The van der Waals surface area contributed by atoms with E-state index < -0.39 is 11.9 Å². The molecular formula is C23H23FN2O6. The molecule has 2 aliphatic rings. The third kappa shape index (κ3) is 4.38. The second kappa shape index (κ2) is 9.27. The topological polar surface area (TPSA) is 77.5 Å². The summed E-state index contributed by atoms with van der Waals surface area (Å²) in [6.45, 7) is 1.22. The first-order valence-corrected chi connectivity index (χ1v) is 10.0. The van der Waals surface area contributed by atoms with Crippen molar-refractivity contribution in [1.29, 1.82) is 0 Å². The minimum Gasteiger partial charge on any atom is -0.466 e. The van der Waals surface area contributed by atoms with Crippen LogP contribution in [0.3, 0.4) is 0 Å². The van der Waals surface area contributed by atoms with Crippen LogP contribution in [0, 0.1) is 5.82 Å². The van der Waals surface area contributed by atoms with Crippen LogP contribution in [-0.4, -0.2) is 57.6 Å². The number of hydrogen-bond donors (Lipinski definition) is 0. The van der Waals surface area contributed by atoms with Crippen molar-refractivity contribution in [3.63, 3.8) is 0 Å². The van der Waals surface area contributed by atoms with Gasteiger partial charge in [0, 0.05) is 24.8 Å². The van der Waals surface area contributed by atoms with Gasteiger partial charge in [-0.2, -0.15) is 0 Å². The molecule has 0 radical (unpaired) electrons. The van der Waals surface area contributed by atoms with Gasteiger partial charge in [0.25, 0.3) is 0 Å². The normalized spacial score (nSPS) is 15.7. The van der Waals surface area contributed by atoms with Gasteiger partial charge in [-0.1, -0.05) is 12.1 Å². The van der Waals surface area contributed by atoms with Crippen LogP contribution in [-0.2, 0) is 25.5 Å². The zero-order chi connectivity index (χ0) is 22.7. The van der Waals surface area contributed by atoms with Crippen molar-refractivity contribution in [2.75, 3.05) is 45.7 Å². The van der Waals surface area contributed by atoms with E-state index in [0.717, 1.165) is 5.56 Å². The first-order chi connectivity index (χ1) is 15.5. The van der Waals surface area contributed by atoms with Gasteiger partial charge in [0.15, 0.2) is 11.5 Å². The van der Waals surface area contributed by atoms with Crippen LogP contribution in [0.2, 0.25) is 0 Å². The van der Waals surface area contributed by atoms with Gasteiger partial charge >= 0.3 is 11.9 Å². The molecule has 2 aromatic rings. The fourth-order valence-corrected chi connectivity index (χ4v) is 3.75. The van der Waals surface area contributed by atoms with E-state index in [4.69, 9.17) is 18.9 Å². The van der Waals surface area contributed by atoms with E-state index in [2.05, 4.69) is 0 Å². The van der Waals surface area contributed by atoms with Gasteiger partial charge in [0.1, 0.15) is 11.5 Å². The minimum absolute atomic E-state index is 0.121. The van der Waals surface area contributed by atoms with Crippen LogP contribution < -0.4 is 14.4 Å². The number of anilines is 1. The summed E-state index contributed by atoms with van der Waals surface area (Å²) in [4.78, 5) is 29.0. The van der Waals surface area contributed by atoms with Crippen molar-refractivity contribution in [2.24, 2.45) is 0 Å². The zero-order valence-electron chi connectivity index (χ0n) is 17.8. The molecule has 32 heavy (non-hydrogen) atoms. The molecule has 0 fully saturated rings. The van der Waals surface area contributed by atoms with Crippen LogP contribution in [0.25, 0.3) is 0 Å². The van der Waals surface area contributed by atoms with Crippen molar-refractivity contribution in [3.8, 4) is 11.5 Å². The lowest BCUT2D eigenvalue weighted by Crippen LogP contribution is -2.48. The largest absolute Gasteiger partial charge is 0.466 e. The number of halogens is 1. The second-order valence-electron chi connectivity index (χ2n) is 7.35. The van der Waals surface area contributed by atoms with Crippen LogP contribution >= 0.6 is 0 Å². The molecule has 2 heterocycles. The summed E-state index contributed by atoms with van der Waals surface area (Å²) < 4.78 is 34.0. The molecule has 0 aliphatic carbocycles. The van der Waals surface area contributed by atoms with E-state index >= 15 is 0 Å².